The second-order valence-electron chi connectivity index (χ2n) is 3.78. The molecule has 2 heterocycles. The van der Waals surface area contributed by atoms with E-state index in [1.807, 2.05) is 18.5 Å². The second-order valence-corrected chi connectivity index (χ2v) is 4.56. The van der Waals surface area contributed by atoms with Crippen molar-refractivity contribution in [2.24, 2.45) is 7.05 Å². The van der Waals surface area contributed by atoms with Gasteiger partial charge in [-0.25, -0.2) is 0 Å². The Morgan fingerprint density at radius 1 is 1.44 bits per heavy atom. The molecule has 0 aliphatic rings. The highest BCUT2D eigenvalue weighted by atomic mass is 32.1. The maximum absolute atomic E-state index is 4.10. The fourth-order valence-corrected chi connectivity index (χ4v) is 2.18. The summed E-state index contributed by atoms with van der Waals surface area (Å²) in [5, 5.41) is 15.8. The zero-order chi connectivity index (χ0) is 11.4. The molecule has 0 atom stereocenters. The van der Waals surface area contributed by atoms with Crippen molar-refractivity contribution in [1.29, 1.82) is 0 Å². The zero-order valence-electron chi connectivity index (χ0n) is 9.60. The van der Waals surface area contributed by atoms with Gasteiger partial charge in [0.1, 0.15) is 11.6 Å². The average Bonchev–Trinajstić information content (AvgIpc) is 2.88. The van der Waals surface area contributed by atoms with Gasteiger partial charge in [0.2, 0.25) is 0 Å². The van der Waals surface area contributed by atoms with Gasteiger partial charge in [-0.2, -0.15) is 11.3 Å². The molecule has 0 fully saturated rings. The predicted octanol–water partition coefficient (Wildman–Crippen LogP) is 1.52. The van der Waals surface area contributed by atoms with Crippen LogP contribution < -0.4 is 5.32 Å². The molecule has 86 valence electrons. The van der Waals surface area contributed by atoms with Gasteiger partial charge < -0.3 is 9.88 Å². The van der Waals surface area contributed by atoms with E-state index in [-0.39, 0.29) is 0 Å². The summed E-state index contributed by atoms with van der Waals surface area (Å²) in [6, 6.07) is 2.17. The van der Waals surface area contributed by atoms with Crippen molar-refractivity contribution in [3.05, 3.63) is 34.0 Å². The third kappa shape index (κ3) is 2.68. The predicted molar refractivity (Wildman–Crippen MR) is 65.5 cm³/mol. The molecule has 0 bridgehead atoms. The molecule has 0 aliphatic heterocycles. The van der Waals surface area contributed by atoms with Gasteiger partial charge in [-0.1, -0.05) is 0 Å². The van der Waals surface area contributed by atoms with E-state index >= 15 is 0 Å². The molecule has 16 heavy (non-hydrogen) atoms. The van der Waals surface area contributed by atoms with Gasteiger partial charge >= 0.3 is 0 Å². The van der Waals surface area contributed by atoms with Gasteiger partial charge in [0.15, 0.2) is 0 Å². The van der Waals surface area contributed by atoms with E-state index < -0.39 is 0 Å². The first-order valence-electron chi connectivity index (χ1n) is 5.34. The average molecular weight is 236 g/mol. The summed E-state index contributed by atoms with van der Waals surface area (Å²) in [6.07, 6.45) is 1.07. The summed E-state index contributed by atoms with van der Waals surface area (Å²) >= 11 is 1.75. The molecule has 0 amide bonds. The van der Waals surface area contributed by atoms with E-state index in [1.165, 1.54) is 5.56 Å². The molecule has 2 aromatic rings. The van der Waals surface area contributed by atoms with Gasteiger partial charge in [-0.3, -0.25) is 0 Å². The number of thiophene rings is 1. The summed E-state index contributed by atoms with van der Waals surface area (Å²) in [5.74, 6) is 1.94. The zero-order valence-corrected chi connectivity index (χ0v) is 10.4. The Labute approximate surface area is 99.3 Å². The Morgan fingerprint density at radius 3 is 2.94 bits per heavy atom. The van der Waals surface area contributed by atoms with E-state index in [0.717, 1.165) is 31.2 Å². The number of aromatic nitrogens is 3. The van der Waals surface area contributed by atoms with Crippen molar-refractivity contribution in [3.8, 4) is 0 Å². The number of nitrogens with one attached hydrogen (secondary N) is 1. The minimum Gasteiger partial charge on any atom is -0.317 e. The van der Waals surface area contributed by atoms with Gasteiger partial charge in [0.05, 0.1) is 6.54 Å². The van der Waals surface area contributed by atoms with Crippen LogP contribution in [-0.2, 0) is 20.0 Å². The number of aryl methyl sites for hydroxylation is 1. The lowest BCUT2D eigenvalue weighted by molar-refractivity contribution is 0.634. The Balaban J connectivity index is 1.74. The van der Waals surface area contributed by atoms with E-state index in [9.17, 15) is 0 Å². The summed E-state index contributed by atoms with van der Waals surface area (Å²) in [4.78, 5) is 0. The normalized spacial score (nSPS) is 10.9. The monoisotopic (exact) mass is 236 g/mol. The highest BCUT2D eigenvalue weighted by Gasteiger charge is 2.03. The van der Waals surface area contributed by atoms with Crippen LogP contribution in [0.4, 0.5) is 0 Å². The van der Waals surface area contributed by atoms with Crippen LogP contribution in [0.2, 0.25) is 0 Å². The molecule has 0 aromatic carbocycles. The van der Waals surface area contributed by atoms with Crippen LogP contribution >= 0.6 is 11.3 Å². The first-order valence-corrected chi connectivity index (χ1v) is 6.28. The summed E-state index contributed by atoms with van der Waals surface area (Å²) in [6.45, 7) is 3.71. The van der Waals surface area contributed by atoms with Crippen molar-refractivity contribution in [2.45, 2.75) is 19.9 Å². The van der Waals surface area contributed by atoms with E-state index in [4.69, 9.17) is 0 Å². The lowest BCUT2D eigenvalue weighted by atomic mass is 10.2. The van der Waals surface area contributed by atoms with Crippen molar-refractivity contribution in [3.63, 3.8) is 0 Å². The summed E-state index contributed by atoms with van der Waals surface area (Å²) < 4.78 is 2.01. The van der Waals surface area contributed by atoms with Crippen molar-refractivity contribution in [2.75, 3.05) is 6.54 Å². The van der Waals surface area contributed by atoms with E-state index in [2.05, 4.69) is 32.3 Å². The van der Waals surface area contributed by atoms with Crippen molar-refractivity contribution < 1.29 is 0 Å². The smallest absolute Gasteiger partial charge is 0.146 e. The Morgan fingerprint density at radius 2 is 2.31 bits per heavy atom. The molecule has 4 nitrogen and oxygen atoms in total. The summed E-state index contributed by atoms with van der Waals surface area (Å²) in [7, 11) is 1.99. The topological polar surface area (TPSA) is 42.7 Å². The molecule has 2 rings (SSSR count). The van der Waals surface area contributed by atoms with Crippen LogP contribution in [0.25, 0.3) is 0 Å². The van der Waals surface area contributed by atoms with Crippen molar-refractivity contribution >= 4 is 11.3 Å². The third-order valence-electron chi connectivity index (χ3n) is 2.64. The maximum Gasteiger partial charge on any atom is 0.146 e. The SMILES string of the molecule is Cc1nnc(CNCCc2ccsc2)n1C. The number of hydrogen-bond donors (Lipinski definition) is 1. The Kier molecular flexibility index (Phi) is 3.69. The first-order chi connectivity index (χ1) is 7.77. The molecule has 1 N–H and O–H groups in total. The molecule has 2 aromatic heterocycles. The standard InChI is InChI=1S/C11H16N4S/c1-9-13-14-11(15(9)2)7-12-5-3-10-4-6-16-8-10/h4,6,8,12H,3,5,7H2,1-2H3. The highest BCUT2D eigenvalue weighted by molar-refractivity contribution is 7.07. The molecule has 0 radical (unpaired) electrons. The molecule has 0 saturated heterocycles. The minimum atomic E-state index is 0.779. The van der Waals surface area contributed by atoms with Crippen LogP contribution in [0.15, 0.2) is 16.8 Å². The molecular weight excluding hydrogens is 220 g/mol. The van der Waals surface area contributed by atoms with Gasteiger partial charge in [0, 0.05) is 7.05 Å². The summed E-state index contributed by atoms with van der Waals surface area (Å²) in [5.41, 5.74) is 1.40. The lowest BCUT2D eigenvalue weighted by Crippen LogP contribution is -2.19. The Bertz CT molecular complexity index is 433. The van der Waals surface area contributed by atoms with E-state index in [0.29, 0.717) is 0 Å². The minimum absolute atomic E-state index is 0.779. The van der Waals surface area contributed by atoms with Crippen LogP contribution in [-0.4, -0.2) is 21.3 Å². The first kappa shape index (κ1) is 11.3. The molecule has 0 unspecified atom stereocenters. The Hall–Kier alpha value is -1.20. The van der Waals surface area contributed by atoms with Crippen molar-refractivity contribution in [1.82, 2.24) is 20.1 Å². The van der Waals surface area contributed by atoms with Crippen LogP contribution in [0, 0.1) is 6.92 Å². The van der Waals surface area contributed by atoms with E-state index in [1.54, 1.807) is 11.3 Å². The second kappa shape index (κ2) is 5.23. The third-order valence-corrected chi connectivity index (χ3v) is 3.37. The van der Waals surface area contributed by atoms with Gasteiger partial charge in [0.25, 0.3) is 0 Å². The number of rotatable bonds is 5. The molecule has 5 heteroatoms. The highest BCUT2D eigenvalue weighted by Crippen LogP contribution is 2.05. The molecule has 0 saturated carbocycles. The molecule has 0 spiro atoms. The molecular formula is C11H16N4S. The van der Waals surface area contributed by atoms with Gasteiger partial charge in [-0.15, -0.1) is 10.2 Å². The maximum atomic E-state index is 4.10. The largest absolute Gasteiger partial charge is 0.317 e. The van der Waals surface area contributed by atoms with Crippen LogP contribution in [0.5, 0.6) is 0 Å². The fourth-order valence-electron chi connectivity index (χ4n) is 1.47. The van der Waals surface area contributed by atoms with Gasteiger partial charge in [-0.05, 0) is 42.3 Å². The van der Waals surface area contributed by atoms with Crippen LogP contribution in [0.1, 0.15) is 17.2 Å². The lowest BCUT2D eigenvalue weighted by Gasteiger charge is -2.03. The van der Waals surface area contributed by atoms with Crippen LogP contribution in [0.3, 0.4) is 0 Å². The molecule has 0 aliphatic carbocycles. The fraction of sp³-hybridized carbons (Fsp3) is 0.455. The number of nitrogens with zero attached hydrogens (tertiary/aromatic N) is 3. The number of hydrogen-bond acceptors (Lipinski definition) is 4. The quantitative estimate of drug-likeness (QED) is 0.800.